The van der Waals surface area contributed by atoms with Gasteiger partial charge in [0.05, 0.1) is 14.2 Å². The topological polar surface area (TPSA) is 116 Å². The van der Waals surface area contributed by atoms with Crippen molar-refractivity contribution >= 4 is 35.5 Å². The van der Waals surface area contributed by atoms with E-state index in [1.807, 2.05) is 54.6 Å². The van der Waals surface area contributed by atoms with E-state index in [4.69, 9.17) is 22.9 Å². The first kappa shape index (κ1) is 27.7. The highest BCUT2D eigenvalue weighted by atomic mass is 31.2. The van der Waals surface area contributed by atoms with Crippen molar-refractivity contribution < 1.29 is 37.4 Å². The molecule has 38 heavy (non-hydrogen) atoms. The van der Waals surface area contributed by atoms with Crippen LogP contribution in [0.4, 0.5) is 0 Å². The molecule has 202 valence electrons. The number of aryl methyl sites for hydroxylation is 1. The normalized spacial score (nSPS) is 13.5. The van der Waals surface area contributed by atoms with E-state index in [1.165, 1.54) is 14.2 Å². The van der Waals surface area contributed by atoms with Crippen molar-refractivity contribution in [2.75, 3.05) is 28.4 Å². The Morgan fingerprint density at radius 3 is 2.26 bits per heavy atom. The average Bonchev–Trinajstić information content (AvgIpc) is 3.31. The number of methoxy groups -OCH3 is 2. The number of carbonyl (C=O) groups is 1. The lowest BCUT2D eigenvalue weighted by Gasteiger charge is -2.28. The number of hydrogen-bond donors (Lipinski definition) is 2. The molecule has 0 saturated heterocycles. The van der Waals surface area contributed by atoms with Crippen LogP contribution in [0.2, 0.25) is 0 Å². The summed E-state index contributed by atoms with van der Waals surface area (Å²) in [7, 11) is 2.03. The van der Waals surface area contributed by atoms with Crippen LogP contribution in [0, 0.1) is 0 Å². The Morgan fingerprint density at radius 1 is 0.895 bits per heavy atom. The Labute approximate surface area is 221 Å². The van der Waals surface area contributed by atoms with Crippen LogP contribution in [0.5, 0.6) is 11.5 Å². The molecule has 0 amide bonds. The van der Waals surface area contributed by atoms with Crippen LogP contribution < -0.4 is 14.8 Å². The van der Waals surface area contributed by atoms with Crippen molar-refractivity contribution in [2.45, 2.75) is 31.1 Å². The van der Waals surface area contributed by atoms with Gasteiger partial charge in [-0.1, -0.05) is 36.4 Å². The number of rotatable bonds is 13. The molecule has 0 saturated carbocycles. The Kier molecular flexibility index (Phi) is 8.74. The standard InChI is InChI=1S/C28H32NO8P/c1-33-24-13-10-18(16-26(24)34-2)11-14-27(38(32,35-3)36-4)29-22(28(30)31)15-19-9-12-21-20-7-5-6-8-23(20)37-25(21)17-19/h5-10,12-13,16-17,22,27,29H,11,14-15H2,1-4H3,(H,30,31)/t22-,27+/m0/s1. The van der Waals surface area contributed by atoms with E-state index in [-0.39, 0.29) is 6.42 Å². The van der Waals surface area contributed by atoms with Crippen LogP contribution in [0.1, 0.15) is 17.5 Å². The third-order valence-corrected chi connectivity index (χ3v) is 8.81. The zero-order valence-electron chi connectivity index (χ0n) is 21.8. The van der Waals surface area contributed by atoms with Crippen molar-refractivity contribution in [3.8, 4) is 11.5 Å². The van der Waals surface area contributed by atoms with Gasteiger partial charge in [0, 0.05) is 25.0 Å². The van der Waals surface area contributed by atoms with Gasteiger partial charge in [-0.15, -0.1) is 0 Å². The zero-order chi connectivity index (χ0) is 27.3. The first-order valence-corrected chi connectivity index (χ1v) is 13.7. The fraction of sp³-hybridized carbons (Fsp3) is 0.321. The number of hydrogen-bond acceptors (Lipinski definition) is 8. The molecular weight excluding hydrogens is 509 g/mol. The minimum absolute atomic E-state index is 0.141. The lowest BCUT2D eigenvalue weighted by molar-refractivity contribution is -0.139. The lowest BCUT2D eigenvalue weighted by atomic mass is 10.0. The number of benzene rings is 3. The van der Waals surface area contributed by atoms with Crippen molar-refractivity contribution in [1.29, 1.82) is 0 Å². The highest BCUT2D eigenvalue weighted by Crippen LogP contribution is 2.52. The van der Waals surface area contributed by atoms with Crippen LogP contribution in [0.3, 0.4) is 0 Å². The number of carboxylic acid groups (broad SMARTS) is 1. The van der Waals surface area contributed by atoms with Gasteiger partial charge in [0.2, 0.25) is 0 Å². The van der Waals surface area contributed by atoms with Crippen molar-refractivity contribution in [3.05, 3.63) is 71.8 Å². The van der Waals surface area contributed by atoms with Crippen LogP contribution in [0.15, 0.2) is 65.1 Å². The Hall–Kier alpha value is -3.36. The molecule has 0 spiro atoms. The van der Waals surface area contributed by atoms with Crippen molar-refractivity contribution in [3.63, 3.8) is 0 Å². The molecule has 0 aliphatic rings. The van der Waals surface area contributed by atoms with Crippen LogP contribution >= 0.6 is 7.60 Å². The third-order valence-electron chi connectivity index (χ3n) is 6.62. The number of furan rings is 1. The Morgan fingerprint density at radius 2 is 1.58 bits per heavy atom. The molecule has 2 atom stereocenters. The number of nitrogens with one attached hydrogen (secondary N) is 1. The van der Waals surface area contributed by atoms with E-state index in [0.717, 1.165) is 27.5 Å². The largest absolute Gasteiger partial charge is 0.493 e. The fourth-order valence-electron chi connectivity index (χ4n) is 4.58. The van der Waals surface area contributed by atoms with Crippen molar-refractivity contribution in [2.24, 2.45) is 0 Å². The molecule has 4 rings (SSSR count). The molecule has 0 bridgehead atoms. The van der Waals surface area contributed by atoms with E-state index in [1.54, 1.807) is 20.3 Å². The molecule has 3 aromatic carbocycles. The minimum atomic E-state index is -3.67. The van der Waals surface area contributed by atoms with E-state index < -0.39 is 25.4 Å². The van der Waals surface area contributed by atoms with Gasteiger partial charge in [-0.2, -0.15) is 0 Å². The van der Waals surface area contributed by atoms with E-state index in [9.17, 15) is 14.5 Å². The molecule has 1 aromatic heterocycles. The maximum absolute atomic E-state index is 13.4. The van der Waals surface area contributed by atoms with E-state index in [0.29, 0.717) is 29.9 Å². The number of para-hydroxylation sites is 1. The molecule has 0 radical (unpaired) electrons. The summed E-state index contributed by atoms with van der Waals surface area (Å²) >= 11 is 0. The van der Waals surface area contributed by atoms with Gasteiger partial charge in [0.15, 0.2) is 11.5 Å². The molecule has 0 aliphatic carbocycles. The summed E-state index contributed by atoms with van der Waals surface area (Å²) in [4.78, 5) is 12.3. The van der Waals surface area contributed by atoms with Crippen LogP contribution in [-0.4, -0.2) is 51.3 Å². The molecule has 1 heterocycles. The minimum Gasteiger partial charge on any atom is -0.493 e. The SMILES string of the molecule is COc1ccc(CC[C@H](N[C@@H](Cc2ccc3c(c2)oc2ccccc23)C(=O)O)P(=O)(OC)OC)cc1OC. The van der Waals surface area contributed by atoms with Gasteiger partial charge in [0.25, 0.3) is 0 Å². The summed E-state index contributed by atoms with van der Waals surface area (Å²) in [5, 5.41) is 15.0. The maximum Gasteiger partial charge on any atom is 0.346 e. The van der Waals surface area contributed by atoms with Gasteiger partial charge < -0.3 is 28.0 Å². The van der Waals surface area contributed by atoms with Crippen LogP contribution in [0.25, 0.3) is 21.9 Å². The molecule has 0 fully saturated rings. The molecule has 0 unspecified atom stereocenters. The van der Waals surface area contributed by atoms with E-state index >= 15 is 0 Å². The van der Waals surface area contributed by atoms with Crippen molar-refractivity contribution in [1.82, 2.24) is 5.32 Å². The first-order chi connectivity index (χ1) is 18.3. The van der Waals surface area contributed by atoms with Gasteiger partial charge in [-0.05, 0) is 54.7 Å². The van der Waals surface area contributed by atoms with Gasteiger partial charge in [0.1, 0.15) is 23.0 Å². The summed E-state index contributed by atoms with van der Waals surface area (Å²) in [6, 6.07) is 17.8. The van der Waals surface area contributed by atoms with Gasteiger partial charge in [-0.3, -0.25) is 14.7 Å². The number of ether oxygens (including phenoxy) is 2. The summed E-state index contributed by atoms with van der Waals surface area (Å²) < 4.78 is 40.6. The second-order valence-electron chi connectivity index (χ2n) is 8.84. The third kappa shape index (κ3) is 5.87. The predicted molar refractivity (Wildman–Crippen MR) is 145 cm³/mol. The second-order valence-corrected chi connectivity index (χ2v) is 11.3. The molecule has 2 N–H and O–H groups in total. The predicted octanol–water partition coefficient (Wildman–Crippen LogP) is 5.63. The van der Waals surface area contributed by atoms with Crippen LogP contribution in [-0.2, 0) is 31.2 Å². The highest BCUT2D eigenvalue weighted by Gasteiger charge is 2.37. The molecular formula is C28H32NO8P. The molecule has 4 aromatic rings. The van der Waals surface area contributed by atoms with E-state index in [2.05, 4.69) is 5.32 Å². The summed E-state index contributed by atoms with van der Waals surface area (Å²) in [5.41, 5.74) is 3.11. The zero-order valence-corrected chi connectivity index (χ0v) is 22.7. The molecule has 9 nitrogen and oxygen atoms in total. The Bertz CT molecular complexity index is 1460. The summed E-state index contributed by atoms with van der Waals surface area (Å²) in [6.07, 6.45) is 0.898. The first-order valence-electron chi connectivity index (χ1n) is 12.1. The highest BCUT2D eigenvalue weighted by molar-refractivity contribution is 7.54. The number of carboxylic acids is 1. The molecule has 0 aliphatic heterocycles. The van der Waals surface area contributed by atoms with Gasteiger partial charge in [-0.25, -0.2) is 0 Å². The molecule has 10 heteroatoms. The number of fused-ring (bicyclic) bond motifs is 3. The lowest BCUT2D eigenvalue weighted by Crippen LogP contribution is -2.45. The summed E-state index contributed by atoms with van der Waals surface area (Å²) in [6.45, 7) is 0. The monoisotopic (exact) mass is 541 g/mol. The maximum atomic E-state index is 13.4. The Balaban J connectivity index is 1.56. The summed E-state index contributed by atoms with van der Waals surface area (Å²) in [5.74, 6) is -0.787. The number of aliphatic carboxylic acids is 1. The quantitative estimate of drug-likeness (QED) is 0.208. The smallest absolute Gasteiger partial charge is 0.346 e. The van der Waals surface area contributed by atoms with Gasteiger partial charge >= 0.3 is 13.6 Å². The second kappa shape index (κ2) is 12.0. The fourth-order valence-corrected chi connectivity index (χ4v) is 6.05. The average molecular weight is 542 g/mol.